The lowest BCUT2D eigenvalue weighted by Crippen LogP contribution is -2.43. The number of carboxylic acids is 1. The Labute approximate surface area is 193 Å². The lowest BCUT2D eigenvalue weighted by molar-refractivity contribution is -0.145. The van der Waals surface area contributed by atoms with Gasteiger partial charge in [-0.1, -0.05) is 35.5 Å². The predicted octanol–water partition coefficient (Wildman–Crippen LogP) is 4.47. The number of hydrogen-bond acceptors (Lipinski definition) is 6. The van der Waals surface area contributed by atoms with Gasteiger partial charge in [-0.15, -0.1) is 0 Å². The van der Waals surface area contributed by atoms with E-state index < -0.39 is 11.6 Å². The minimum Gasteiger partial charge on any atom is -0.481 e. The molecule has 2 atom stereocenters. The Morgan fingerprint density at radius 1 is 1.18 bits per heavy atom. The minimum absolute atomic E-state index is 0.0102. The highest BCUT2D eigenvalue weighted by Gasteiger charge is 2.55. The summed E-state index contributed by atoms with van der Waals surface area (Å²) in [5, 5.41) is 13.4. The zero-order valence-electron chi connectivity index (χ0n) is 19.4. The van der Waals surface area contributed by atoms with Crippen molar-refractivity contribution in [1.82, 2.24) is 15.0 Å². The van der Waals surface area contributed by atoms with Crippen LogP contribution < -0.4 is 0 Å². The first-order valence-corrected chi connectivity index (χ1v) is 11.8. The van der Waals surface area contributed by atoms with E-state index in [1.54, 1.807) is 0 Å². The van der Waals surface area contributed by atoms with Crippen molar-refractivity contribution >= 4 is 12.1 Å². The van der Waals surface area contributed by atoms with Gasteiger partial charge in [0.25, 0.3) is 0 Å². The van der Waals surface area contributed by atoms with Gasteiger partial charge in [-0.3, -0.25) is 4.79 Å². The molecule has 33 heavy (non-hydrogen) atoms. The van der Waals surface area contributed by atoms with Gasteiger partial charge in [0.05, 0.1) is 11.3 Å². The molecular weight excluding hydrogens is 422 g/mol. The third-order valence-electron chi connectivity index (χ3n) is 7.09. The summed E-state index contributed by atoms with van der Waals surface area (Å²) in [6, 6.07) is 10.4. The monoisotopic (exact) mass is 453 g/mol. The number of aliphatic carboxylic acids is 1. The molecule has 0 bridgehead atoms. The average molecular weight is 454 g/mol. The molecule has 1 aromatic carbocycles. The van der Waals surface area contributed by atoms with Crippen molar-refractivity contribution in [2.24, 2.45) is 5.92 Å². The van der Waals surface area contributed by atoms with Crippen molar-refractivity contribution in [3.8, 4) is 0 Å². The van der Waals surface area contributed by atoms with Crippen LogP contribution in [0.4, 0.5) is 4.79 Å². The molecule has 2 aromatic rings. The van der Waals surface area contributed by atoms with Gasteiger partial charge in [0.1, 0.15) is 5.60 Å². The molecule has 8 nitrogen and oxygen atoms in total. The maximum atomic E-state index is 13.2. The first-order valence-electron chi connectivity index (χ1n) is 11.8. The van der Waals surface area contributed by atoms with Gasteiger partial charge in [0.15, 0.2) is 5.82 Å². The molecule has 0 radical (unpaired) electrons. The number of aromatic nitrogens is 2. The number of rotatable bonds is 7. The molecule has 3 saturated carbocycles. The van der Waals surface area contributed by atoms with Gasteiger partial charge < -0.3 is 19.3 Å². The zero-order chi connectivity index (χ0) is 23.4. The molecule has 8 heteroatoms. The highest BCUT2D eigenvalue weighted by Crippen LogP contribution is 2.52. The van der Waals surface area contributed by atoms with E-state index in [2.05, 4.69) is 22.3 Å². The first-order chi connectivity index (χ1) is 15.7. The minimum atomic E-state index is -0.768. The second-order valence-corrected chi connectivity index (χ2v) is 10.9. The van der Waals surface area contributed by atoms with E-state index in [1.807, 2.05) is 43.9 Å². The second kappa shape index (κ2) is 7.85. The fraction of sp³-hybridized carbons (Fsp3) is 0.600. The molecule has 3 aliphatic carbocycles. The van der Waals surface area contributed by atoms with Gasteiger partial charge in [-0.2, -0.15) is 4.98 Å². The molecule has 1 amide bonds. The number of carbonyl (C=O) groups is 2. The molecule has 3 fully saturated rings. The van der Waals surface area contributed by atoms with Crippen molar-refractivity contribution in [2.45, 2.75) is 81.8 Å². The van der Waals surface area contributed by atoms with Crippen LogP contribution >= 0.6 is 0 Å². The Morgan fingerprint density at radius 3 is 2.48 bits per heavy atom. The lowest BCUT2D eigenvalue weighted by atomic mass is 9.75. The molecule has 0 aliphatic heterocycles. The van der Waals surface area contributed by atoms with Crippen molar-refractivity contribution in [1.29, 1.82) is 0 Å². The van der Waals surface area contributed by atoms with Crippen LogP contribution in [0.3, 0.4) is 0 Å². The normalized spacial score (nSPS) is 27.4. The number of nitrogens with zero attached hydrogens (tertiary/aromatic N) is 3. The van der Waals surface area contributed by atoms with Crippen LogP contribution in [0.5, 0.6) is 0 Å². The van der Waals surface area contributed by atoms with Crippen LogP contribution in [0.15, 0.2) is 34.9 Å². The molecule has 0 spiro atoms. The van der Waals surface area contributed by atoms with Crippen LogP contribution in [-0.2, 0) is 14.9 Å². The number of hydrogen-bond donors (Lipinski definition) is 1. The Bertz CT molecular complexity index is 1030. The quantitative estimate of drug-likeness (QED) is 0.659. The van der Waals surface area contributed by atoms with Crippen LogP contribution in [0.25, 0.3) is 0 Å². The summed E-state index contributed by atoms with van der Waals surface area (Å²) in [7, 11) is 0. The van der Waals surface area contributed by atoms with Gasteiger partial charge >= 0.3 is 12.1 Å². The van der Waals surface area contributed by atoms with Crippen LogP contribution in [0.1, 0.15) is 82.0 Å². The molecule has 5 rings (SSSR count). The maximum Gasteiger partial charge on any atom is 0.410 e. The third kappa shape index (κ3) is 4.48. The number of ether oxygens (including phenoxy) is 1. The fourth-order valence-corrected chi connectivity index (χ4v) is 4.79. The van der Waals surface area contributed by atoms with Crippen molar-refractivity contribution in [2.75, 3.05) is 6.54 Å². The third-order valence-corrected chi connectivity index (χ3v) is 7.09. The number of amides is 1. The molecule has 0 unspecified atom stereocenters. The Kier molecular flexibility index (Phi) is 5.21. The van der Waals surface area contributed by atoms with E-state index in [9.17, 15) is 9.59 Å². The Hall–Kier alpha value is -2.90. The van der Waals surface area contributed by atoms with Gasteiger partial charge in [-0.05, 0) is 58.4 Å². The summed E-state index contributed by atoms with van der Waals surface area (Å²) < 4.78 is 11.3. The molecule has 3 aliphatic rings. The van der Waals surface area contributed by atoms with Gasteiger partial charge in [-0.25, -0.2) is 4.79 Å². The fourth-order valence-electron chi connectivity index (χ4n) is 4.79. The van der Waals surface area contributed by atoms with Crippen molar-refractivity contribution in [3.63, 3.8) is 0 Å². The number of benzene rings is 1. The van der Waals surface area contributed by atoms with E-state index in [-0.39, 0.29) is 29.4 Å². The molecule has 1 N–H and O–H groups in total. The van der Waals surface area contributed by atoms with Crippen molar-refractivity contribution < 1.29 is 24.0 Å². The number of carbonyl (C=O) groups excluding carboxylic acids is 1. The first kappa shape index (κ1) is 21.9. The molecule has 0 saturated heterocycles. The molecule has 176 valence electrons. The van der Waals surface area contributed by atoms with E-state index in [0.29, 0.717) is 37.0 Å². The number of carboxylic acid groups (broad SMARTS) is 1. The van der Waals surface area contributed by atoms with E-state index >= 15 is 0 Å². The maximum absolute atomic E-state index is 13.2. The standard InChI is InChI=1S/C25H31N3O5/c1-24(2,3)32-23(31)28(19-13-18(19)15-7-5-4-6-8-15)14-25(9-10-25)22-26-20(33-27-22)16-11-17(12-16)21(29)30/h4-8,16-19H,9-14H2,1-3H3,(H,29,30)/t16?,17?,18-,19+/m0/s1. The van der Waals surface area contributed by atoms with Crippen LogP contribution in [0, 0.1) is 5.92 Å². The van der Waals surface area contributed by atoms with Gasteiger partial charge in [0, 0.05) is 24.4 Å². The summed E-state index contributed by atoms with van der Waals surface area (Å²) in [5.74, 6) is 0.366. The Balaban J connectivity index is 1.32. The highest BCUT2D eigenvalue weighted by atomic mass is 16.6. The summed E-state index contributed by atoms with van der Waals surface area (Å²) in [5.41, 5.74) is 0.340. The zero-order valence-corrected chi connectivity index (χ0v) is 19.4. The second-order valence-electron chi connectivity index (χ2n) is 10.9. The lowest BCUT2D eigenvalue weighted by Gasteiger charge is -2.30. The summed E-state index contributed by atoms with van der Waals surface area (Å²) in [6.45, 7) is 6.14. The predicted molar refractivity (Wildman–Crippen MR) is 119 cm³/mol. The van der Waals surface area contributed by atoms with E-state index in [0.717, 1.165) is 19.3 Å². The van der Waals surface area contributed by atoms with Gasteiger partial charge in [0.2, 0.25) is 5.89 Å². The summed E-state index contributed by atoms with van der Waals surface area (Å²) >= 11 is 0. The average Bonchev–Trinajstić information content (AvgIpc) is 3.62. The highest BCUT2D eigenvalue weighted by molar-refractivity contribution is 5.71. The summed E-state index contributed by atoms with van der Waals surface area (Å²) in [6.07, 6.45) is 3.45. The Morgan fingerprint density at radius 2 is 1.88 bits per heavy atom. The molecule has 1 aromatic heterocycles. The SMILES string of the molecule is CC(C)(C)OC(=O)N(CC1(c2noc(C3CC(C(=O)O)C3)n2)CC1)[C@@H]1C[C@H]1c1ccccc1. The van der Waals surface area contributed by atoms with E-state index in [1.165, 1.54) is 5.56 Å². The largest absolute Gasteiger partial charge is 0.481 e. The molecular formula is C25H31N3O5. The topological polar surface area (TPSA) is 106 Å². The van der Waals surface area contributed by atoms with Crippen LogP contribution in [-0.4, -0.2) is 50.4 Å². The smallest absolute Gasteiger partial charge is 0.410 e. The molecule has 1 heterocycles. The van der Waals surface area contributed by atoms with E-state index in [4.69, 9.17) is 14.4 Å². The summed E-state index contributed by atoms with van der Waals surface area (Å²) in [4.78, 5) is 30.8. The van der Waals surface area contributed by atoms with Crippen LogP contribution in [0.2, 0.25) is 0 Å². The van der Waals surface area contributed by atoms with Crippen molar-refractivity contribution in [3.05, 3.63) is 47.6 Å².